The molecule has 4 rings (SSSR count). The highest BCUT2D eigenvalue weighted by Gasteiger charge is 2.37. The van der Waals surface area contributed by atoms with Gasteiger partial charge < -0.3 is 0 Å². The molecule has 138 valence electrons. The Hall–Kier alpha value is -4.00. The zero-order chi connectivity index (χ0) is 19.7. The molecule has 1 aliphatic rings. The predicted octanol–water partition coefficient (Wildman–Crippen LogP) is 2.85. The molecule has 1 fully saturated rings. The highest BCUT2D eigenvalue weighted by molar-refractivity contribution is 6.39. The molecule has 7 nitrogen and oxygen atoms in total. The van der Waals surface area contributed by atoms with Gasteiger partial charge in [-0.05, 0) is 36.8 Å². The van der Waals surface area contributed by atoms with Gasteiger partial charge in [-0.1, -0.05) is 36.4 Å². The number of aromatic nitrogens is 2. The van der Waals surface area contributed by atoms with E-state index in [1.165, 1.54) is 6.08 Å². The first-order valence-electron chi connectivity index (χ1n) is 8.62. The fourth-order valence-corrected chi connectivity index (χ4v) is 2.99. The summed E-state index contributed by atoms with van der Waals surface area (Å²) in [5, 5.41) is 6.48. The van der Waals surface area contributed by atoms with Crippen LogP contribution in [-0.4, -0.2) is 27.6 Å². The maximum Gasteiger partial charge on any atom is 0.335 e. The van der Waals surface area contributed by atoms with E-state index in [0.717, 1.165) is 16.2 Å². The molecule has 0 saturated carbocycles. The molecule has 28 heavy (non-hydrogen) atoms. The van der Waals surface area contributed by atoms with Crippen LogP contribution in [0.2, 0.25) is 0 Å². The number of carbonyl (C=O) groups excluding carboxylic acids is 3. The zero-order valence-corrected chi connectivity index (χ0v) is 15.0. The fourth-order valence-electron chi connectivity index (χ4n) is 2.99. The van der Waals surface area contributed by atoms with Crippen LogP contribution in [0.15, 0.2) is 72.6 Å². The van der Waals surface area contributed by atoms with Crippen LogP contribution in [0, 0.1) is 6.92 Å². The van der Waals surface area contributed by atoms with Gasteiger partial charge in [0.25, 0.3) is 11.8 Å². The van der Waals surface area contributed by atoms with Crippen molar-refractivity contribution >= 4 is 29.6 Å². The zero-order valence-electron chi connectivity index (χ0n) is 15.0. The van der Waals surface area contributed by atoms with Gasteiger partial charge in [-0.3, -0.25) is 14.9 Å². The van der Waals surface area contributed by atoms with E-state index in [0.29, 0.717) is 11.3 Å². The van der Waals surface area contributed by atoms with Gasteiger partial charge in [0.15, 0.2) is 0 Å². The van der Waals surface area contributed by atoms with Gasteiger partial charge in [0.1, 0.15) is 5.57 Å². The number of barbiturate groups is 1. The van der Waals surface area contributed by atoms with E-state index < -0.39 is 17.8 Å². The lowest BCUT2D eigenvalue weighted by Gasteiger charge is -2.27. The van der Waals surface area contributed by atoms with Crippen molar-refractivity contribution in [1.82, 2.24) is 15.1 Å². The van der Waals surface area contributed by atoms with Crippen molar-refractivity contribution in [2.45, 2.75) is 6.92 Å². The minimum absolute atomic E-state index is 0.129. The second kappa shape index (κ2) is 6.96. The molecule has 1 N–H and O–H groups in total. The number of amides is 4. The Morgan fingerprint density at radius 2 is 1.68 bits per heavy atom. The molecule has 0 radical (unpaired) electrons. The van der Waals surface area contributed by atoms with Crippen LogP contribution >= 0.6 is 0 Å². The first kappa shape index (κ1) is 17.4. The van der Waals surface area contributed by atoms with E-state index in [1.54, 1.807) is 42.2 Å². The Balaban J connectivity index is 1.70. The van der Waals surface area contributed by atoms with E-state index in [9.17, 15) is 14.4 Å². The van der Waals surface area contributed by atoms with Gasteiger partial charge >= 0.3 is 6.03 Å². The molecule has 4 amide bonds. The number of carbonyl (C=O) groups is 3. The third-order valence-electron chi connectivity index (χ3n) is 4.39. The number of nitrogens with zero attached hydrogens (tertiary/aromatic N) is 3. The van der Waals surface area contributed by atoms with Crippen molar-refractivity contribution in [1.29, 1.82) is 0 Å². The molecule has 7 heteroatoms. The molecule has 0 aliphatic carbocycles. The number of anilines is 1. The summed E-state index contributed by atoms with van der Waals surface area (Å²) in [6.07, 6.45) is 4.69. The van der Waals surface area contributed by atoms with Crippen LogP contribution in [0.5, 0.6) is 0 Å². The predicted molar refractivity (Wildman–Crippen MR) is 104 cm³/mol. The first-order chi connectivity index (χ1) is 13.5. The summed E-state index contributed by atoms with van der Waals surface area (Å²) in [5.41, 5.74) is 2.47. The number of hydrogen-bond donors (Lipinski definition) is 1. The SMILES string of the molecule is Cc1ccccc1N1C(=O)NC(=O)C(=Cc2cnn(-c3ccccc3)c2)C1=O. The minimum Gasteiger partial charge on any atom is -0.273 e. The van der Waals surface area contributed by atoms with E-state index in [1.807, 2.05) is 36.4 Å². The van der Waals surface area contributed by atoms with Crippen molar-refractivity contribution < 1.29 is 14.4 Å². The van der Waals surface area contributed by atoms with Gasteiger partial charge in [0, 0.05) is 11.8 Å². The molecule has 1 aliphatic heterocycles. The number of aryl methyl sites for hydroxylation is 1. The molecule has 1 aromatic heterocycles. The Labute approximate surface area is 160 Å². The summed E-state index contributed by atoms with van der Waals surface area (Å²) in [7, 11) is 0. The number of para-hydroxylation sites is 2. The van der Waals surface area contributed by atoms with Crippen LogP contribution in [0.3, 0.4) is 0 Å². The lowest BCUT2D eigenvalue weighted by Crippen LogP contribution is -2.54. The highest BCUT2D eigenvalue weighted by Crippen LogP contribution is 2.25. The average Bonchev–Trinajstić information content (AvgIpc) is 3.16. The largest absolute Gasteiger partial charge is 0.335 e. The van der Waals surface area contributed by atoms with Crippen molar-refractivity contribution in [3.05, 3.63) is 83.7 Å². The lowest BCUT2D eigenvalue weighted by molar-refractivity contribution is -0.122. The molecule has 2 aromatic carbocycles. The van der Waals surface area contributed by atoms with E-state index in [2.05, 4.69) is 10.4 Å². The van der Waals surface area contributed by atoms with Gasteiger partial charge in [-0.15, -0.1) is 0 Å². The third-order valence-corrected chi connectivity index (χ3v) is 4.39. The van der Waals surface area contributed by atoms with Crippen LogP contribution in [0.4, 0.5) is 10.5 Å². The Morgan fingerprint density at radius 1 is 0.964 bits per heavy atom. The number of imide groups is 2. The molecule has 0 unspecified atom stereocenters. The number of benzene rings is 2. The molecule has 1 saturated heterocycles. The first-order valence-corrected chi connectivity index (χ1v) is 8.62. The van der Waals surface area contributed by atoms with Crippen LogP contribution in [0.1, 0.15) is 11.1 Å². The van der Waals surface area contributed by atoms with Crippen LogP contribution in [-0.2, 0) is 9.59 Å². The summed E-state index contributed by atoms with van der Waals surface area (Å²) < 4.78 is 1.64. The van der Waals surface area contributed by atoms with E-state index in [4.69, 9.17) is 0 Å². The van der Waals surface area contributed by atoms with E-state index in [-0.39, 0.29) is 5.57 Å². The normalized spacial score (nSPS) is 15.8. The smallest absolute Gasteiger partial charge is 0.273 e. The Morgan fingerprint density at radius 3 is 2.43 bits per heavy atom. The fraction of sp³-hybridized carbons (Fsp3) is 0.0476. The standard InChI is InChI=1S/C21H16N4O3/c1-14-7-5-6-10-18(14)25-20(27)17(19(26)23-21(25)28)11-15-12-22-24(13-15)16-8-3-2-4-9-16/h2-13H,1H3,(H,23,26,28). The monoisotopic (exact) mass is 372 g/mol. The van der Waals surface area contributed by atoms with Gasteiger partial charge in [-0.25, -0.2) is 14.4 Å². The molecule has 3 aromatic rings. The molecule has 0 spiro atoms. The number of rotatable bonds is 3. The van der Waals surface area contributed by atoms with Gasteiger partial charge in [0.2, 0.25) is 0 Å². The van der Waals surface area contributed by atoms with Crippen molar-refractivity contribution in [2.75, 3.05) is 4.90 Å². The molecule has 2 heterocycles. The van der Waals surface area contributed by atoms with Crippen molar-refractivity contribution in [2.24, 2.45) is 0 Å². The summed E-state index contributed by atoms with van der Waals surface area (Å²) in [4.78, 5) is 38.5. The second-order valence-electron chi connectivity index (χ2n) is 6.30. The van der Waals surface area contributed by atoms with Gasteiger partial charge in [0.05, 0.1) is 17.6 Å². The summed E-state index contributed by atoms with van der Waals surface area (Å²) in [6.45, 7) is 1.79. The maximum atomic E-state index is 12.9. The summed E-state index contributed by atoms with van der Waals surface area (Å²) in [5.74, 6) is -1.40. The van der Waals surface area contributed by atoms with Crippen molar-refractivity contribution in [3.63, 3.8) is 0 Å². The maximum absolute atomic E-state index is 12.9. The molecule has 0 atom stereocenters. The Kier molecular flexibility index (Phi) is 4.33. The van der Waals surface area contributed by atoms with E-state index >= 15 is 0 Å². The average molecular weight is 372 g/mol. The lowest BCUT2D eigenvalue weighted by atomic mass is 10.1. The topological polar surface area (TPSA) is 84.3 Å². The van der Waals surface area contributed by atoms with Crippen LogP contribution in [0.25, 0.3) is 11.8 Å². The van der Waals surface area contributed by atoms with Crippen LogP contribution < -0.4 is 10.2 Å². The second-order valence-corrected chi connectivity index (χ2v) is 6.30. The third kappa shape index (κ3) is 3.09. The minimum atomic E-state index is -0.763. The quantitative estimate of drug-likeness (QED) is 0.566. The molecular formula is C21H16N4O3. The number of hydrogen-bond acceptors (Lipinski definition) is 4. The summed E-state index contributed by atoms with van der Waals surface area (Å²) in [6, 6.07) is 15.7. The summed E-state index contributed by atoms with van der Waals surface area (Å²) >= 11 is 0. The molecule has 0 bridgehead atoms. The van der Waals surface area contributed by atoms with Gasteiger partial charge in [-0.2, -0.15) is 5.10 Å². The van der Waals surface area contributed by atoms with Crippen molar-refractivity contribution in [3.8, 4) is 5.69 Å². The Bertz CT molecular complexity index is 1120. The number of nitrogens with one attached hydrogen (secondary N) is 1. The molecular weight excluding hydrogens is 356 g/mol. The highest BCUT2D eigenvalue weighted by atomic mass is 16.2. The number of urea groups is 1.